The van der Waals surface area contributed by atoms with Crippen molar-refractivity contribution >= 4 is 56.0 Å². The molecule has 3 N–H and O–H groups in total. The highest BCUT2D eigenvalue weighted by Gasteiger charge is 2.11. The molecule has 0 aliphatic heterocycles. The van der Waals surface area contributed by atoms with Crippen molar-refractivity contribution in [3.63, 3.8) is 0 Å². The molecule has 0 atom stereocenters. The number of sulfonamides is 1. The van der Waals surface area contributed by atoms with Crippen molar-refractivity contribution in [2.45, 2.75) is 6.54 Å². The molecule has 0 saturated carbocycles. The summed E-state index contributed by atoms with van der Waals surface area (Å²) in [7, 11) is -3.38. The Morgan fingerprint density at radius 1 is 1.50 bits per heavy atom. The van der Waals surface area contributed by atoms with E-state index in [1.807, 2.05) is 22.6 Å². The van der Waals surface area contributed by atoms with Gasteiger partial charge in [-0.1, -0.05) is 11.6 Å². The van der Waals surface area contributed by atoms with Gasteiger partial charge in [-0.15, -0.1) is 0 Å². The monoisotopic (exact) mass is 404 g/mol. The number of hydrogen-bond acceptors (Lipinski definition) is 3. The van der Waals surface area contributed by atoms with Gasteiger partial charge in [0, 0.05) is 15.1 Å². The van der Waals surface area contributed by atoms with Crippen LogP contribution in [0.4, 0.5) is 10.5 Å². The van der Waals surface area contributed by atoms with Crippen molar-refractivity contribution in [2.24, 2.45) is 0 Å². The van der Waals surface area contributed by atoms with Crippen LogP contribution in [-0.4, -0.2) is 25.9 Å². The first-order valence-corrected chi connectivity index (χ1v) is 7.96. The molecule has 0 fully saturated rings. The van der Waals surface area contributed by atoms with Gasteiger partial charge in [-0.2, -0.15) is 0 Å². The lowest BCUT2D eigenvalue weighted by Crippen LogP contribution is -2.20. The summed E-state index contributed by atoms with van der Waals surface area (Å²) >= 11 is 7.88. The SMILES string of the molecule is CS(=O)(=O)Nc1cc(Cl)c(CNC(=O)O)cc1I. The van der Waals surface area contributed by atoms with Crippen molar-refractivity contribution in [2.75, 3.05) is 11.0 Å². The molecular weight excluding hydrogens is 395 g/mol. The Balaban J connectivity index is 3.00. The summed E-state index contributed by atoms with van der Waals surface area (Å²) in [6.07, 6.45) is -0.115. The van der Waals surface area contributed by atoms with E-state index in [4.69, 9.17) is 16.7 Å². The predicted molar refractivity (Wildman–Crippen MR) is 77.5 cm³/mol. The van der Waals surface area contributed by atoms with E-state index in [1.165, 1.54) is 6.07 Å². The van der Waals surface area contributed by atoms with Crippen LogP contribution in [0.1, 0.15) is 5.56 Å². The molecule has 1 aromatic carbocycles. The number of nitrogens with one attached hydrogen (secondary N) is 2. The first-order chi connectivity index (χ1) is 8.19. The summed E-state index contributed by atoms with van der Waals surface area (Å²) in [5.74, 6) is 0. The van der Waals surface area contributed by atoms with Crippen molar-refractivity contribution in [3.8, 4) is 0 Å². The number of carbonyl (C=O) groups is 1. The van der Waals surface area contributed by atoms with E-state index in [9.17, 15) is 13.2 Å². The van der Waals surface area contributed by atoms with Gasteiger partial charge >= 0.3 is 6.09 Å². The number of halogens is 2. The number of rotatable bonds is 4. The lowest BCUT2D eigenvalue weighted by molar-refractivity contribution is 0.194. The first kappa shape index (κ1) is 15.3. The Morgan fingerprint density at radius 2 is 2.11 bits per heavy atom. The standard InChI is InChI=1S/C9H10ClIN2O4S/c1-18(16,17)13-8-3-6(10)5(2-7(8)11)4-12-9(14)15/h2-3,12-13H,4H2,1H3,(H,14,15). The van der Waals surface area contributed by atoms with Crippen LogP contribution in [0.2, 0.25) is 5.02 Å². The molecule has 9 heteroatoms. The number of amides is 1. The van der Waals surface area contributed by atoms with Crippen LogP contribution < -0.4 is 10.0 Å². The Morgan fingerprint density at radius 3 is 2.61 bits per heavy atom. The highest BCUT2D eigenvalue weighted by atomic mass is 127. The van der Waals surface area contributed by atoms with Crippen LogP contribution in [0.5, 0.6) is 0 Å². The average molecular weight is 405 g/mol. The third-order valence-corrected chi connectivity index (χ3v) is 3.70. The molecule has 0 aliphatic rings. The van der Waals surface area contributed by atoms with Crippen LogP contribution in [0.25, 0.3) is 0 Å². The molecule has 1 amide bonds. The fraction of sp³-hybridized carbons (Fsp3) is 0.222. The Bertz CT molecular complexity index is 576. The minimum Gasteiger partial charge on any atom is -0.465 e. The molecule has 0 bridgehead atoms. The van der Waals surface area contributed by atoms with E-state index in [2.05, 4.69) is 10.0 Å². The van der Waals surface area contributed by atoms with Gasteiger partial charge in [-0.25, -0.2) is 13.2 Å². The van der Waals surface area contributed by atoms with Gasteiger partial charge in [0.2, 0.25) is 10.0 Å². The van der Waals surface area contributed by atoms with Gasteiger partial charge in [0.1, 0.15) is 0 Å². The van der Waals surface area contributed by atoms with Crippen molar-refractivity contribution < 1.29 is 18.3 Å². The number of anilines is 1. The zero-order valence-corrected chi connectivity index (χ0v) is 12.9. The molecule has 0 spiro atoms. The maximum atomic E-state index is 11.1. The summed E-state index contributed by atoms with van der Waals surface area (Å²) in [5.41, 5.74) is 0.935. The van der Waals surface area contributed by atoms with E-state index < -0.39 is 16.1 Å². The second kappa shape index (κ2) is 5.93. The van der Waals surface area contributed by atoms with E-state index in [0.29, 0.717) is 14.8 Å². The highest BCUT2D eigenvalue weighted by Crippen LogP contribution is 2.27. The van der Waals surface area contributed by atoms with Crippen LogP contribution in [0.15, 0.2) is 12.1 Å². The van der Waals surface area contributed by atoms with E-state index in [-0.39, 0.29) is 11.6 Å². The molecule has 100 valence electrons. The number of hydrogen-bond donors (Lipinski definition) is 3. The topological polar surface area (TPSA) is 95.5 Å². The molecule has 1 aromatic rings. The van der Waals surface area contributed by atoms with Crippen molar-refractivity contribution in [1.29, 1.82) is 0 Å². The largest absolute Gasteiger partial charge is 0.465 e. The minimum absolute atomic E-state index is 0.0589. The molecule has 0 radical (unpaired) electrons. The maximum Gasteiger partial charge on any atom is 0.404 e. The van der Waals surface area contributed by atoms with Crippen LogP contribution in [0.3, 0.4) is 0 Å². The van der Waals surface area contributed by atoms with Crippen LogP contribution in [-0.2, 0) is 16.6 Å². The first-order valence-electron chi connectivity index (χ1n) is 4.61. The smallest absolute Gasteiger partial charge is 0.404 e. The van der Waals surface area contributed by atoms with Gasteiger partial charge < -0.3 is 10.4 Å². The average Bonchev–Trinajstić information content (AvgIpc) is 2.18. The third kappa shape index (κ3) is 4.86. The second-order valence-electron chi connectivity index (χ2n) is 3.46. The number of carboxylic acid groups (broad SMARTS) is 1. The molecule has 0 aliphatic carbocycles. The fourth-order valence-corrected chi connectivity index (χ4v) is 2.82. The Hall–Kier alpha value is -0.740. The normalized spacial score (nSPS) is 11.1. The van der Waals surface area contributed by atoms with Crippen LogP contribution in [0, 0.1) is 3.57 Å². The lowest BCUT2D eigenvalue weighted by atomic mass is 10.2. The lowest BCUT2D eigenvalue weighted by Gasteiger charge is -2.11. The summed E-state index contributed by atoms with van der Waals surface area (Å²) in [4.78, 5) is 10.4. The maximum absolute atomic E-state index is 11.1. The molecule has 0 unspecified atom stereocenters. The zero-order chi connectivity index (χ0) is 13.9. The van der Waals surface area contributed by atoms with Gasteiger partial charge in [0.15, 0.2) is 0 Å². The summed E-state index contributed by atoms with van der Waals surface area (Å²) < 4.78 is 25.2. The fourth-order valence-electron chi connectivity index (χ4n) is 1.17. The van der Waals surface area contributed by atoms with Gasteiger partial charge in [0.05, 0.1) is 11.9 Å². The van der Waals surface area contributed by atoms with Gasteiger partial charge in [0.25, 0.3) is 0 Å². The predicted octanol–water partition coefficient (Wildman–Crippen LogP) is 2.08. The number of benzene rings is 1. The molecule has 1 rings (SSSR count). The van der Waals surface area contributed by atoms with Crippen molar-refractivity contribution in [3.05, 3.63) is 26.3 Å². The Kier molecular flexibility index (Phi) is 5.05. The minimum atomic E-state index is -3.38. The molecule has 0 aromatic heterocycles. The summed E-state index contributed by atoms with van der Waals surface area (Å²) in [5, 5.41) is 11.0. The molecule has 6 nitrogen and oxygen atoms in total. The van der Waals surface area contributed by atoms with E-state index in [1.54, 1.807) is 6.07 Å². The second-order valence-corrected chi connectivity index (χ2v) is 6.77. The molecular formula is C9H10ClIN2O4S. The zero-order valence-electron chi connectivity index (χ0n) is 9.20. The molecule has 18 heavy (non-hydrogen) atoms. The molecule has 0 heterocycles. The van der Waals surface area contributed by atoms with Crippen molar-refractivity contribution in [1.82, 2.24) is 5.32 Å². The summed E-state index contributed by atoms with van der Waals surface area (Å²) in [6.45, 7) is 0.0589. The van der Waals surface area contributed by atoms with Crippen LogP contribution >= 0.6 is 34.2 Å². The quantitative estimate of drug-likeness (QED) is 0.670. The molecule has 0 saturated heterocycles. The third-order valence-electron chi connectivity index (χ3n) is 1.86. The van der Waals surface area contributed by atoms with Gasteiger partial charge in [-0.3, -0.25) is 4.72 Å². The summed E-state index contributed by atoms with van der Waals surface area (Å²) in [6, 6.07) is 3.07. The van der Waals surface area contributed by atoms with Gasteiger partial charge in [-0.05, 0) is 40.3 Å². The highest BCUT2D eigenvalue weighted by molar-refractivity contribution is 14.1. The Labute approximate surface area is 123 Å². The van der Waals surface area contributed by atoms with E-state index >= 15 is 0 Å². The van der Waals surface area contributed by atoms with E-state index in [0.717, 1.165) is 6.26 Å².